The van der Waals surface area contributed by atoms with Crippen LogP contribution in [0.3, 0.4) is 0 Å². The molecule has 100 valence electrons. The Hall–Kier alpha value is -0.220. The van der Waals surface area contributed by atoms with Gasteiger partial charge < -0.3 is 10.1 Å². The third-order valence-electron chi connectivity index (χ3n) is 3.28. The number of esters is 1. The molecular weight excluding hydrogens is 234 g/mol. The summed E-state index contributed by atoms with van der Waals surface area (Å²) >= 11 is 1.71. The van der Waals surface area contributed by atoms with Gasteiger partial charge in [0, 0.05) is 6.04 Å². The molecule has 1 saturated carbocycles. The van der Waals surface area contributed by atoms with Crippen LogP contribution in [0.2, 0.25) is 0 Å². The van der Waals surface area contributed by atoms with Crippen LogP contribution < -0.4 is 5.32 Å². The Balaban J connectivity index is 2.07. The van der Waals surface area contributed by atoms with Gasteiger partial charge in [0.1, 0.15) is 0 Å². The molecule has 2 unspecified atom stereocenters. The number of carbonyl (C=O) groups excluding carboxylic acids is 1. The second kappa shape index (κ2) is 8.81. The molecule has 0 heterocycles. The van der Waals surface area contributed by atoms with Gasteiger partial charge in [-0.2, -0.15) is 11.8 Å². The monoisotopic (exact) mass is 259 g/mol. The highest BCUT2D eigenvalue weighted by Gasteiger charge is 2.25. The Kier molecular flexibility index (Phi) is 7.69. The largest absolute Gasteiger partial charge is 0.465 e. The SMILES string of the molecule is CCNC1CCCC1CCSCC(=O)OCC. The lowest BCUT2D eigenvalue weighted by atomic mass is 10.0. The van der Waals surface area contributed by atoms with Crippen molar-refractivity contribution in [2.24, 2.45) is 5.92 Å². The van der Waals surface area contributed by atoms with Crippen molar-refractivity contribution in [3.8, 4) is 0 Å². The summed E-state index contributed by atoms with van der Waals surface area (Å²) in [5, 5.41) is 3.56. The highest BCUT2D eigenvalue weighted by molar-refractivity contribution is 7.99. The Bertz CT molecular complexity index is 223. The summed E-state index contributed by atoms with van der Waals surface area (Å²) in [6.45, 7) is 5.58. The first-order valence-corrected chi connectivity index (χ1v) is 7.90. The van der Waals surface area contributed by atoms with Crippen molar-refractivity contribution in [2.75, 3.05) is 24.7 Å². The molecule has 0 spiro atoms. The zero-order valence-electron chi connectivity index (χ0n) is 11.0. The third-order valence-corrected chi connectivity index (χ3v) is 4.25. The lowest BCUT2D eigenvalue weighted by Crippen LogP contribution is -2.32. The summed E-state index contributed by atoms with van der Waals surface area (Å²) in [6.07, 6.45) is 5.24. The van der Waals surface area contributed by atoms with E-state index in [4.69, 9.17) is 4.74 Å². The van der Waals surface area contributed by atoms with Gasteiger partial charge in [-0.25, -0.2) is 0 Å². The molecule has 1 fully saturated rings. The molecule has 0 aromatic carbocycles. The number of thioether (sulfide) groups is 1. The second-order valence-electron chi connectivity index (χ2n) is 4.50. The first-order chi connectivity index (χ1) is 8.27. The van der Waals surface area contributed by atoms with E-state index in [2.05, 4.69) is 12.2 Å². The quantitative estimate of drug-likeness (QED) is 0.537. The van der Waals surface area contributed by atoms with Crippen LogP contribution in [-0.2, 0) is 9.53 Å². The number of ether oxygens (including phenoxy) is 1. The fourth-order valence-corrected chi connectivity index (χ4v) is 3.37. The molecule has 0 aromatic rings. The van der Waals surface area contributed by atoms with Gasteiger partial charge in [-0.05, 0) is 44.4 Å². The predicted molar refractivity (Wildman–Crippen MR) is 73.4 cm³/mol. The van der Waals surface area contributed by atoms with Crippen molar-refractivity contribution in [1.29, 1.82) is 0 Å². The first-order valence-electron chi connectivity index (χ1n) is 6.74. The molecule has 0 aliphatic heterocycles. The van der Waals surface area contributed by atoms with Crippen LogP contribution in [0.15, 0.2) is 0 Å². The van der Waals surface area contributed by atoms with Crippen LogP contribution in [0.5, 0.6) is 0 Å². The van der Waals surface area contributed by atoms with Crippen molar-refractivity contribution in [3.63, 3.8) is 0 Å². The molecule has 17 heavy (non-hydrogen) atoms. The molecule has 0 amide bonds. The molecule has 1 aliphatic rings. The third kappa shape index (κ3) is 5.77. The summed E-state index contributed by atoms with van der Waals surface area (Å²) in [4.78, 5) is 11.2. The van der Waals surface area contributed by atoms with E-state index in [-0.39, 0.29) is 5.97 Å². The smallest absolute Gasteiger partial charge is 0.315 e. The van der Waals surface area contributed by atoms with Crippen LogP contribution in [0.1, 0.15) is 39.5 Å². The molecule has 0 bridgehead atoms. The summed E-state index contributed by atoms with van der Waals surface area (Å²) in [6, 6.07) is 0.711. The van der Waals surface area contributed by atoms with E-state index in [0.717, 1.165) is 18.2 Å². The standard InChI is InChI=1S/C13H25NO2S/c1-3-14-12-7-5-6-11(12)8-9-17-10-13(15)16-4-2/h11-12,14H,3-10H2,1-2H3. The van der Waals surface area contributed by atoms with Gasteiger partial charge in [0.05, 0.1) is 12.4 Å². The minimum absolute atomic E-state index is 0.0767. The summed E-state index contributed by atoms with van der Waals surface area (Å²) < 4.78 is 4.90. The van der Waals surface area contributed by atoms with E-state index in [0.29, 0.717) is 18.4 Å². The van der Waals surface area contributed by atoms with Crippen molar-refractivity contribution < 1.29 is 9.53 Å². The molecule has 0 saturated heterocycles. The molecule has 0 radical (unpaired) electrons. The second-order valence-corrected chi connectivity index (χ2v) is 5.61. The van der Waals surface area contributed by atoms with Crippen LogP contribution in [0.4, 0.5) is 0 Å². The van der Waals surface area contributed by atoms with Crippen molar-refractivity contribution >= 4 is 17.7 Å². The van der Waals surface area contributed by atoms with Crippen molar-refractivity contribution in [2.45, 2.75) is 45.6 Å². The minimum atomic E-state index is -0.0767. The van der Waals surface area contributed by atoms with E-state index in [9.17, 15) is 4.79 Å². The highest BCUT2D eigenvalue weighted by Crippen LogP contribution is 2.29. The molecular formula is C13H25NO2S. The first kappa shape index (κ1) is 14.8. The lowest BCUT2D eigenvalue weighted by molar-refractivity contribution is -0.139. The van der Waals surface area contributed by atoms with Crippen molar-refractivity contribution in [1.82, 2.24) is 5.32 Å². The van der Waals surface area contributed by atoms with Gasteiger partial charge >= 0.3 is 5.97 Å². The molecule has 1 aliphatic carbocycles. The molecule has 4 heteroatoms. The summed E-state index contributed by atoms with van der Waals surface area (Å²) in [5.74, 6) is 2.31. The average molecular weight is 259 g/mol. The van der Waals surface area contributed by atoms with Crippen LogP contribution in [0, 0.1) is 5.92 Å². The van der Waals surface area contributed by atoms with Gasteiger partial charge in [0.25, 0.3) is 0 Å². The fourth-order valence-electron chi connectivity index (χ4n) is 2.51. The molecule has 0 aromatic heterocycles. The maximum Gasteiger partial charge on any atom is 0.315 e. The van der Waals surface area contributed by atoms with Gasteiger partial charge in [-0.15, -0.1) is 0 Å². The topological polar surface area (TPSA) is 38.3 Å². The predicted octanol–water partition coefficient (Wildman–Crippen LogP) is 2.45. The zero-order valence-corrected chi connectivity index (χ0v) is 11.9. The van der Waals surface area contributed by atoms with E-state index >= 15 is 0 Å². The molecule has 2 atom stereocenters. The number of hydrogen-bond donors (Lipinski definition) is 1. The van der Waals surface area contributed by atoms with E-state index < -0.39 is 0 Å². The number of hydrogen-bond acceptors (Lipinski definition) is 4. The van der Waals surface area contributed by atoms with E-state index in [1.807, 2.05) is 6.92 Å². The van der Waals surface area contributed by atoms with Gasteiger partial charge in [-0.3, -0.25) is 4.79 Å². The van der Waals surface area contributed by atoms with E-state index in [1.54, 1.807) is 11.8 Å². The lowest BCUT2D eigenvalue weighted by Gasteiger charge is -2.19. The molecule has 1 N–H and O–H groups in total. The minimum Gasteiger partial charge on any atom is -0.465 e. The Morgan fingerprint density at radius 1 is 1.41 bits per heavy atom. The summed E-state index contributed by atoms with van der Waals surface area (Å²) in [5.41, 5.74) is 0. The number of nitrogens with one attached hydrogen (secondary N) is 1. The van der Waals surface area contributed by atoms with Gasteiger partial charge in [-0.1, -0.05) is 13.3 Å². The Morgan fingerprint density at radius 3 is 2.94 bits per heavy atom. The summed E-state index contributed by atoms with van der Waals surface area (Å²) in [7, 11) is 0. The fraction of sp³-hybridized carbons (Fsp3) is 0.923. The van der Waals surface area contributed by atoms with E-state index in [1.165, 1.54) is 25.7 Å². The van der Waals surface area contributed by atoms with Crippen LogP contribution in [0.25, 0.3) is 0 Å². The van der Waals surface area contributed by atoms with Gasteiger partial charge in [0.15, 0.2) is 0 Å². The van der Waals surface area contributed by atoms with Gasteiger partial charge in [0.2, 0.25) is 0 Å². The highest BCUT2D eigenvalue weighted by atomic mass is 32.2. The van der Waals surface area contributed by atoms with Crippen LogP contribution in [-0.4, -0.2) is 36.7 Å². The van der Waals surface area contributed by atoms with Crippen LogP contribution >= 0.6 is 11.8 Å². The number of carbonyl (C=O) groups is 1. The molecule has 3 nitrogen and oxygen atoms in total. The average Bonchev–Trinajstić information content (AvgIpc) is 2.73. The Labute approximate surface area is 109 Å². The van der Waals surface area contributed by atoms with Crippen molar-refractivity contribution in [3.05, 3.63) is 0 Å². The Morgan fingerprint density at radius 2 is 2.24 bits per heavy atom. The maximum atomic E-state index is 11.2. The molecule has 1 rings (SSSR count). The normalized spacial score (nSPS) is 23.9. The zero-order chi connectivity index (χ0) is 12.5. The number of rotatable bonds is 8. The maximum absolute atomic E-state index is 11.2.